The molecule has 1 aromatic rings. The fourth-order valence-corrected chi connectivity index (χ4v) is 2.60. The summed E-state index contributed by atoms with van der Waals surface area (Å²) in [5.41, 5.74) is 5.19. The fourth-order valence-electron chi connectivity index (χ4n) is 2.60. The molecule has 0 aromatic carbocycles. The second-order valence-electron chi connectivity index (χ2n) is 5.20. The van der Waals surface area contributed by atoms with Crippen molar-refractivity contribution in [1.29, 1.82) is 0 Å². The van der Waals surface area contributed by atoms with Crippen LogP contribution in [0.2, 0.25) is 0 Å². The molecule has 2 aliphatic rings. The molecule has 3 atom stereocenters. The molecule has 3 unspecified atom stereocenters. The molecule has 3 heterocycles. The molecule has 2 aliphatic heterocycles. The molecule has 2 saturated heterocycles. The lowest BCUT2D eigenvalue weighted by atomic mass is 10.0. The van der Waals surface area contributed by atoms with Gasteiger partial charge in [0, 0.05) is 13.2 Å². The van der Waals surface area contributed by atoms with E-state index >= 15 is 0 Å². The van der Waals surface area contributed by atoms with E-state index in [9.17, 15) is 0 Å². The molecular weight excluding hydrogens is 234 g/mol. The molecule has 100 valence electrons. The Hall–Kier alpha value is -0.980. The summed E-state index contributed by atoms with van der Waals surface area (Å²) in [6.07, 6.45) is 3.82. The normalized spacial score (nSPS) is 36.3. The lowest BCUT2D eigenvalue weighted by Gasteiger charge is -2.17. The average molecular weight is 253 g/mol. The van der Waals surface area contributed by atoms with Gasteiger partial charge in [0.15, 0.2) is 0 Å². The van der Waals surface area contributed by atoms with Crippen LogP contribution in [0.5, 0.6) is 0 Å². The van der Waals surface area contributed by atoms with E-state index < -0.39 is 5.60 Å². The number of nitrogens with zero attached hydrogens (tertiary/aromatic N) is 2. The molecule has 0 radical (unpaired) electrons. The number of ether oxygens (including phenoxy) is 2. The molecular formula is C12H19N3O3. The molecule has 1 aromatic heterocycles. The third kappa shape index (κ3) is 2.04. The van der Waals surface area contributed by atoms with Crippen molar-refractivity contribution in [2.24, 2.45) is 5.73 Å². The first-order valence-electron chi connectivity index (χ1n) is 6.55. The Balaban J connectivity index is 1.74. The lowest BCUT2D eigenvalue weighted by molar-refractivity contribution is 0.00766. The van der Waals surface area contributed by atoms with Gasteiger partial charge < -0.3 is 19.7 Å². The summed E-state index contributed by atoms with van der Waals surface area (Å²) >= 11 is 0. The molecule has 18 heavy (non-hydrogen) atoms. The van der Waals surface area contributed by atoms with Crippen molar-refractivity contribution in [3.63, 3.8) is 0 Å². The SMILES string of the molecule is CC1(c2noc(C3CCC(CN)O3)n2)CCCO1. The molecule has 2 N–H and O–H groups in total. The van der Waals surface area contributed by atoms with E-state index in [1.165, 1.54) is 0 Å². The van der Waals surface area contributed by atoms with Crippen molar-refractivity contribution in [2.45, 2.75) is 50.4 Å². The van der Waals surface area contributed by atoms with Crippen molar-refractivity contribution < 1.29 is 14.0 Å². The third-order valence-corrected chi connectivity index (χ3v) is 3.78. The summed E-state index contributed by atoms with van der Waals surface area (Å²) < 4.78 is 16.8. The number of hydrogen-bond acceptors (Lipinski definition) is 6. The van der Waals surface area contributed by atoms with Crippen LogP contribution in [0, 0.1) is 0 Å². The van der Waals surface area contributed by atoms with Crippen LogP contribution in [0.15, 0.2) is 4.52 Å². The standard InChI is InChI=1S/C12H19N3O3/c1-12(5-2-6-16-12)11-14-10(18-15-11)9-4-3-8(7-13)17-9/h8-9H,2-7,13H2,1H3. The van der Waals surface area contributed by atoms with Gasteiger partial charge >= 0.3 is 0 Å². The Bertz CT molecular complexity index is 414. The minimum atomic E-state index is -0.395. The largest absolute Gasteiger partial charge is 0.367 e. The summed E-state index contributed by atoms with van der Waals surface area (Å²) in [6.45, 7) is 3.31. The van der Waals surface area contributed by atoms with Crippen molar-refractivity contribution >= 4 is 0 Å². The Kier molecular flexibility index (Phi) is 3.09. The lowest BCUT2D eigenvalue weighted by Crippen LogP contribution is -2.22. The van der Waals surface area contributed by atoms with Gasteiger partial charge in [0.1, 0.15) is 11.7 Å². The van der Waals surface area contributed by atoms with Crippen molar-refractivity contribution in [2.75, 3.05) is 13.2 Å². The van der Waals surface area contributed by atoms with E-state index in [2.05, 4.69) is 10.1 Å². The maximum Gasteiger partial charge on any atom is 0.255 e. The predicted octanol–water partition coefficient (Wildman–Crippen LogP) is 1.27. The number of aromatic nitrogens is 2. The topological polar surface area (TPSA) is 83.4 Å². The van der Waals surface area contributed by atoms with Gasteiger partial charge in [-0.25, -0.2) is 0 Å². The van der Waals surface area contributed by atoms with Crippen LogP contribution >= 0.6 is 0 Å². The molecule has 0 amide bonds. The van der Waals surface area contributed by atoms with E-state index in [4.69, 9.17) is 19.7 Å². The summed E-state index contributed by atoms with van der Waals surface area (Å²) in [6, 6.07) is 0. The van der Waals surface area contributed by atoms with Crippen LogP contribution in [0.4, 0.5) is 0 Å². The van der Waals surface area contributed by atoms with Crippen molar-refractivity contribution in [3.05, 3.63) is 11.7 Å². The zero-order chi connectivity index (χ0) is 12.6. The quantitative estimate of drug-likeness (QED) is 0.873. The van der Waals surface area contributed by atoms with E-state index in [1.807, 2.05) is 6.92 Å². The van der Waals surface area contributed by atoms with Crippen LogP contribution in [-0.4, -0.2) is 29.4 Å². The van der Waals surface area contributed by atoms with Gasteiger partial charge in [-0.3, -0.25) is 0 Å². The smallest absolute Gasteiger partial charge is 0.255 e. The monoisotopic (exact) mass is 253 g/mol. The first-order valence-corrected chi connectivity index (χ1v) is 6.55. The molecule has 6 nitrogen and oxygen atoms in total. The van der Waals surface area contributed by atoms with Crippen LogP contribution in [0.1, 0.15) is 50.4 Å². The highest BCUT2D eigenvalue weighted by atomic mass is 16.5. The first kappa shape index (κ1) is 12.1. The van der Waals surface area contributed by atoms with Crippen LogP contribution < -0.4 is 5.73 Å². The molecule has 3 rings (SSSR count). The van der Waals surface area contributed by atoms with Gasteiger partial charge in [0.25, 0.3) is 5.89 Å². The maximum atomic E-state index is 5.74. The Morgan fingerprint density at radius 2 is 2.33 bits per heavy atom. The summed E-state index contributed by atoms with van der Waals surface area (Å²) in [5.74, 6) is 1.19. The van der Waals surface area contributed by atoms with Crippen LogP contribution in [0.3, 0.4) is 0 Å². The highest BCUT2D eigenvalue weighted by Gasteiger charge is 2.38. The van der Waals surface area contributed by atoms with Gasteiger partial charge in [-0.15, -0.1) is 0 Å². The van der Waals surface area contributed by atoms with Gasteiger partial charge in [0.2, 0.25) is 5.82 Å². The van der Waals surface area contributed by atoms with Crippen molar-refractivity contribution in [3.8, 4) is 0 Å². The van der Waals surface area contributed by atoms with Crippen LogP contribution in [-0.2, 0) is 15.1 Å². The Labute approximate surface area is 106 Å². The number of hydrogen-bond donors (Lipinski definition) is 1. The van der Waals surface area contributed by atoms with Gasteiger partial charge in [-0.05, 0) is 32.6 Å². The van der Waals surface area contributed by atoms with Crippen LogP contribution in [0.25, 0.3) is 0 Å². The third-order valence-electron chi connectivity index (χ3n) is 3.78. The predicted molar refractivity (Wildman–Crippen MR) is 62.7 cm³/mol. The van der Waals surface area contributed by atoms with E-state index in [1.54, 1.807) is 0 Å². The second-order valence-corrected chi connectivity index (χ2v) is 5.20. The molecule has 0 spiro atoms. The summed E-state index contributed by atoms with van der Waals surface area (Å²) in [4.78, 5) is 4.45. The van der Waals surface area contributed by atoms with Crippen molar-refractivity contribution in [1.82, 2.24) is 10.1 Å². The minimum absolute atomic E-state index is 0.107. The van der Waals surface area contributed by atoms with E-state index in [-0.39, 0.29) is 12.2 Å². The fraction of sp³-hybridized carbons (Fsp3) is 0.833. The molecule has 6 heteroatoms. The molecule has 0 saturated carbocycles. The Morgan fingerprint density at radius 1 is 1.44 bits per heavy atom. The molecule has 0 aliphatic carbocycles. The van der Waals surface area contributed by atoms with Gasteiger partial charge in [-0.2, -0.15) is 4.98 Å². The average Bonchev–Trinajstić information content (AvgIpc) is 3.08. The minimum Gasteiger partial charge on any atom is -0.367 e. The first-order chi connectivity index (χ1) is 8.71. The van der Waals surface area contributed by atoms with E-state index in [0.29, 0.717) is 18.3 Å². The molecule has 2 fully saturated rings. The number of nitrogens with two attached hydrogens (primary N) is 1. The molecule has 0 bridgehead atoms. The zero-order valence-corrected chi connectivity index (χ0v) is 10.6. The summed E-state index contributed by atoms with van der Waals surface area (Å²) in [7, 11) is 0. The van der Waals surface area contributed by atoms with Gasteiger partial charge in [0.05, 0.1) is 6.10 Å². The summed E-state index contributed by atoms with van der Waals surface area (Å²) in [5, 5.41) is 4.04. The highest BCUT2D eigenvalue weighted by Crippen LogP contribution is 2.36. The maximum absolute atomic E-state index is 5.74. The van der Waals surface area contributed by atoms with E-state index in [0.717, 1.165) is 32.3 Å². The highest BCUT2D eigenvalue weighted by molar-refractivity contribution is 5.03. The van der Waals surface area contributed by atoms with Gasteiger partial charge in [-0.1, -0.05) is 5.16 Å². The number of rotatable bonds is 3. The second kappa shape index (κ2) is 4.60. The Morgan fingerprint density at radius 3 is 3.00 bits per heavy atom. The zero-order valence-electron chi connectivity index (χ0n) is 10.6.